The van der Waals surface area contributed by atoms with Gasteiger partial charge in [0.1, 0.15) is 18.0 Å². The van der Waals surface area contributed by atoms with Crippen LogP contribution >= 0.6 is 0 Å². The molecule has 1 fully saturated rings. The zero-order valence-electron chi connectivity index (χ0n) is 23.0. The van der Waals surface area contributed by atoms with Gasteiger partial charge in [0.05, 0.1) is 6.61 Å². The number of para-hydroxylation sites is 1. The average molecular weight is 505 g/mol. The van der Waals surface area contributed by atoms with Crippen LogP contribution in [-0.2, 0) is 14.2 Å². The molecule has 206 valence electrons. The molecule has 1 saturated heterocycles. The molecule has 0 aliphatic carbocycles. The second kappa shape index (κ2) is 20.5. The summed E-state index contributed by atoms with van der Waals surface area (Å²) in [6.07, 6.45) is 22.9. The molecule has 1 aromatic rings. The van der Waals surface area contributed by atoms with Crippen molar-refractivity contribution in [1.82, 2.24) is 0 Å². The van der Waals surface area contributed by atoms with Crippen molar-refractivity contribution in [3.8, 4) is 5.75 Å². The molecule has 0 aromatic heterocycles. The van der Waals surface area contributed by atoms with Crippen LogP contribution in [0.25, 0.3) is 0 Å². The van der Waals surface area contributed by atoms with E-state index in [1.54, 1.807) is 12.1 Å². The molecule has 1 aliphatic rings. The van der Waals surface area contributed by atoms with Gasteiger partial charge in [-0.05, 0) is 31.4 Å². The van der Waals surface area contributed by atoms with Crippen molar-refractivity contribution >= 4 is 6.16 Å². The van der Waals surface area contributed by atoms with Crippen LogP contribution in [0, 0.1) is 0 Å². The summed E-state index contributed by atoms with van der Waals surface area (Å²) >= 11 is 0. The van der Waals surface area contributed by atoms with Gasteiger partial charge in [-0.15, -0.1) is 0 Å². The molecule has 5 heteroatoms. The zero-order valence-corrected chi connectivity index (χ0v) is 23.0. The van der Waals surface area contributed by atoms with Gasteiger partial charge in [0.25, 0.3) is 0 Å². The molecule has 0 N–H and O–H groups in total. The van der Waals surface area contributed by atoms with Crippen LogP contribution in [0.1, 0.15) is 122 Å². The smallest absolute Gasteiger partial charge is 0.431 e. The van der Waals surface area contributed by atoms with Crippen molar-refractivity contribution in [3.63, 3.8) is 0 Å². The molecule has 1 heterocycles. The van der Waals surface area contributed by atoms with Crippen LogP contribution < -0.4 is 4.74 Å². The number of carbonyl (C=O) groups excluding carboxylic acids is 1. The maximum absolute atomic E-state index is 12.0. The summed E-state index contributed by atoms with van der Waals surface area (Å²) < 4.78 is 22.4. The fourth-order valence-electron chi connectivity index (χ4n) is 4.84. The molecule has 36 heavy (non-hydrogen) atoms. The van der Waals surface area contributed by atoms with Gasteiger partial charge in [0.15, 0.2) is 0 Å². The molecule has 0 spiro atoms. The molecule has 5 nitrogen and oxygen atoms in total. The van der Waals surface area contributed by atoms with Gasteiger partial charge in [0.2, 0.25) is 0 Å². The number of unbranched alkanes of at least 4 members (excludes halogenated alkanes) is 15. The molecule has 2 rings (SSSR count). The van der Waals surface area contributed by atoms with E-state index in [1.807, 2.05) is 18.2 Å². The first-order valence-corrected chi connectivity index (χ1v) is 14.9. The van der Waals surface area contributed by atoms with Crippen LogP contribution in [0.4, 0.5) is 4.79 Å². The summed E-state index contributed by atoms with van der Waals surface area (Å²) in [4.78, 5) is 12.0. The maximum atomic E-state index is 12.0. The number of hydrogen-bond donors (Lipinski definition) is 0. The van der Waals surface area contributed by atoms with Gasteiger partial charge >= 0.3 is 6.16 Å². The first kappa shape index (κ1) is 30.6. The van der Waals surface area contributed by atoms with Crippen LogP contribution in [0.15, 0.2) is 30.3 Å². The van der Waals surface area contributed by atoms with Gasteiger partial charge in [-0.1, -0.05) is 121 Å². The van der Waals surface area contributed by atoms with Gasteiger partial charge in [0, 0.05) is 13.2 Å². The quantitative estimate of drug-likeness (QED) is 0.0895. The van der Waals surface area contributed by atoms with Crippen molar-refractivity contribution in [3.05, 3.63) is 30.3 Å². The summed E-state index contributed by atoms with van der Waals surface area (Å²) in [5.74, 6) is 0.476. The van der Waals surface area contributed by atoms with E-state index >= 15 is 0 Å². The van der Waals surface area contributed by atoms with E-state index in [2.05, 4.69) is 6.92 Å². The van der Waals surface area contributed by atoms with Crippen LogP contribution in [0.2, 0.25) is 0 Å². The lowest BCUT2D eigenvalue weighted by Gasteiger charge is -2.27. The third-order valence-electron chi connectivity index (χ3n) is 7.09. The lowest BCUT2D eigenvalue weighted by Crippen LogP contribution is -2.40. The molecule has 1 atom stereocenters. The number of carbonyl (C=O) groups is 1. The van der Waals surface area contributed by atoms with E-state index in [0.29, 0.717) is 19.0 Å². The molecule has 1 unspecified atom stereocenters. The van der Waals surface area contributed by atoms with E-state index in [0.717, 1.165) is 25.9 Å². The van der Waals surface area contributed by atoms with Crippen molar-refractivity contribution < 1.29 is 23.7 Å². The zero-order chi connectivity index (χ0) is 25.6. The molecular weight excluding hydrogens is 452 g/mol. The first-order chi connectivity index (χ1) is 17.7. The fourth-order valence-corrected chi connectivity index (χ4v) is 4.84. The van der Waals surface area contributed by atoms with E-state index in [-0.39, 0.29) is 6.61 Å². The Morgan fingerprint density at radius 3 is 1.86 bits per heavy atom. The van der Waals surface area contributed by atoms with Crippen LogP contribution in [-0.4, -0.2) is 38.2 Å². The second-order valence-electron chi connectivity index (χ2n) is 10.4. The molecule has 0 radical (unpaired) electrons. The highest BCUT2D eigenvalue weighted by Gasteiger charge is 2.37. The summed E-state index contributed by atoms with van der Waals surface area (Å²) in [7, 11) is 0. The number of benzene rings is 1. The molecule has 1 aliphatic heterocycles. The Balaban J connectivity index is 1.39. The summed E-state index contributed by atoms with van der Waals surface area (Å²) in [6, 6.07) is 8.96. The second-order valence-corrected chi connectivity index (χ2v) is 10.4. The number of ether oxygens (including phenoxy) is 4. The van der Waals surface area contributed by atoms with E-state index in [1.165, 1.54) is 96.3 Å². The molecule has 0 amide bonds. The third kappa shape index (κ3) is 14.8. The molecule has 0 bridgehead atoms. The Morgan fingerprint density at radius 2 is 1.33 bits per heavy atom. The summed E-state index contributed by atoms with van der Waals surface area (Å²) in [5, 5.41) is 0. The lowest BCUT2D eigenvalue weighted by atomic mass is 10.0. The highest BCUT2D eigenvalue weighted by molar-refractivity contribution is 5.63. The topological polar surface area (TPSA) is 54.0 Å². The molecular formula is C31H52O5. The normalized spacial score (nSPS) is 17.4. The Labute approximate surface area is 220 Å². The van der Waals surface area contributed by atoms with Crippen LogP contribution in [0.5, 0.6) is 5.75 Å². The van der Waals surface area contributed by atoms with Gasteiger partial charge < -0.3 is 18.9 Å². The van der Waals surface area contributed by atoms with Crippen molar-refractivity contribution in [2.24, 2.45) is 0 Å². The standard InChI is InChI=1S/C31H52O5/c1-2-3-4-5-6-7-8-9-10-11-12-13-14-15-16-20-25-33-27-31(24-21-26-35-31)28-34-30(32)36-29-22-18-17-19-23-29/h17-19,22-23H,2-16,20-21,24-28H2,1H3. The average Bonchev–Trinajstić information content (AvgIpc) is 3.36. The SMILES string of the molecule is CCCCCCCCCCCCCCCCCCOCC1(COC(=O)Oc2ccccc2)CCCO1. The van der Waals surface area contributed by atoms with Gasteiger partial charge in [-0.3, -0.25) is 0 Å². The van der Waals surface area contributed by atoms with Crippen molar-refractivity contribution in [2.45, 2.75) is 128 Å². The summed E-state index contributed by atoms with van der Waals surface area (Å²) in [6.45, 7) is 4.32. The monoisotopic (exact) mass is 504 g/mol. The fraction of sp³-hybridized carbons (Fsp3) is 0.774. The Morgan fingerprint density at radius 1 is 0.778 bits per heavy atom. The summed E-state index contributed by atoms with van der Waals surface area (Å²) in [5.41, 5.74) is -0.537. The minimum absolute atomic E-state index is 0.164. The predicted octanol–water partition coefficient (Wildman–Crippen LogP) is 9.03. The van der Waals surface area contributed by atoms with E-state index in [4.69, 9.17) is 18.9 Å². The van der Waals surface area contributed by atoms with E-state index in [9.17, 15) is 4.79 Å². The highest BCUT2D eigenvalue weighted by atomic mass is 16.7. The Hall–Kier alpha value is -1.59. The lowest BCUT2D eigenvalue weighted by molar-refractivity contribution is -0.0971. The van der Waals surface area contributed by atoms with E-state index < -0.39 is 11.8 Å². The number of hydrogen-bond acceptors (Lipinski definition) is 5. The minimum Gasteiger partial charge on any atom is -0.431 e. The first-order valence-electron chi connectivity index (χ1n) is 14.9. The Bertz CT molecular complexity index is 642. The Kier molecular flexibility index (Phi) is 17.4. The maximum Gasteiger partial charge on any atom is 0.513 e. The van der Waals surface area contributed by atoms with Gasteiger partial charge in [-0.2, -0.15) is 0 Å². The largest absolute Gasteiger partial charge is 0.513 e. The van der Waals surface area contributed by atoms with Crippen molar-refractivity contribution in [2.75, 3.05) is 26.4 Å². The molecule has 0 saturated carbocycles. The van der Waals surface area contributed by atoms with Crippen LogP contribution in [0.3, 0.4) is 0 Å². The molecule has 1 aromatic carbocycles. The number of rotatable bonds is 22. The predicted molar refractivity (Wildman–Crippen MR) is 147 cm³/mol. The van der Waals surface area contributed by atoms with Gasteiger partial charge in [-0.25, -0.2) is 4.79 Å². The van der Waals surface area contributed by atoms with Crippen molar-refractivity contribution in [1.29, 1.82) is 0 Å². The highest BCUT2D eigenvalue weighted by Crippen LogP contribution is 2.27. The minimum atomic E-state index is -0.700. The third-order valence-corrected chi connectivity index (χ3v) is 7.09.